The van der Waals surface area contributed by atoms with Gasteiger partial charge < -0.3 is 15.5 Å². The van der Waals surface area contributed by atoms with Crippen molar-refractivity contribution in [3.63, 3.8) is 0 Å². The standard InChI is InChI=1S/C21H25N3OS/c25-20(18-9-5-2-6-10-18)23-19-12-15-24(16-13-19)21(26)22-14-11-17-7-3-1-4-8-17/h1-10,19H,11-16H2,(H,22,26)(H,23,25). The maximum absolute atomic E-state index is 12.2. The average Bonchev–Trinajstić information content (AvgIpc) is 2.70. The van der Waals surface area contributed by atoms with E-state index < -0.39 is 0 Å². The second-order valence-corrected chi connectivity index (χ2v) is 6.96. The summed E-state index contributed by atoms with van der Waals surface area (Å²) in [7, 11) is 0. The van der Waals surface area contributed by atoms with Crippen LogP contribution >= 0.6 is 12.2 Å². The number of benzene rings is 2. The summed E-state index contributed by atoms with van der Waals surface area (Å²) in [5.74, 6) is 0.00705. The second kappa shape index (κ2) is 9.34. The normalized spacial score (nSPS) is 14.7. The molecule has 0 saturated carbocycles. The van der Waals surface area contributed by atoms with Crippen LogP contribution < -0.4 is 10.6 Å². The van der Waals surface area contributed by atoms with Crippen molar-refractivity contribution in [2.75, 3.05) is 19.6 Å². The number of rotatable bonds is 5. The number of hydrogen-bond acceptors (Lipinski definition) is 2. The number of likely N-dealkylation sites (tertiary alicyclic amines) is 1. The fourth-order valence-electron chi connectivity index (χ4n) is 3.16. The Balaban J connectivity index is 1.37. The molecule has 2 aromatic carbocycles. The lowest BCUT2D eigenvalue weighted by atomic mass is 10.0. The third-order valence-corrected chi connectivity index (χ3v) is 5.09. The third kappa shape index (κ3) is 5.30. The summed E-state index contributed by atoms with van der Waals surface area (Å²) in [4.78, 5) is 14.4. The van der Waals surface area contributed by atoms with E-state index in [0.717, 1.165) is 44.0 Å². The van der Waals surface area contributed by atoms with E-state index in [1.165, 1.54) is 5.56 Å². The third-order valence-electron chi connectivity index (χ3n) is 4.69. The summed E-state index contributed by atoms with van der Waals surface area (Å²) in [6.45, 7) is 2.58. The van der Waals surface area contributed by atoms with E-state index in [-0.39, 0.29) is 11.9 Å². The highest BCUT2D eigenvalue weighted by Crippen LogP contribution is 2.12. The van der Waals surface area contributed by atoms with E-state index >= 15 is 0 Å². The van der Waals surface area contributed by atoms with Gasteiger partial charge in [0, 0.05) is 31.2 Å². The minimum atomic E-state index is 0.00705. The molecule has 2 aromatic rings. The number of carbonyl (C=O) groups is 1. The smallest absolute Gasteiger partial charge is 0.251 e. The molecule has 0 bridgehead atoms. The largest absolute Gasteiger partial charge is 0.362 e. The van der Waals surface area contributed by atoms with Crippen LogP contribution in [0.25, 0.3) is 0 Å². The molecule has 5 heteroatoms. The maximum Gasteiger partial charge on any atom is 0.251 e. The van der Waals surface area contributed by atoms with Crippen molar-refractivity contribution in [3.05, 3.63) is 71.8 Å². The lowest BCUT2D eigenvalue weighted by Crippen LogP contribution is -2.49. The van der Waals surface area contributed by atoms with Crippen LogP contribution in [0.4, 0.5) is 0 Å². The summed E-state index contributed by atoms with van der Waals surface area (Å²) < 4.78 is 0. The Bertz CT molecular complexity index is 713. The van der Waals surface area contributed by atoms with Crippen molar-refractivity contribution in [1.29, 1.82) is 0 Å². The highest BCUT2D eigenvalue weighted by atomic mass is 32.1. The Kier molecular flexibility index (Phi) is 6.61. The van der Waals surface area contributed by atoms with Gasteiger partial charge in [-0.2, -0.15) is 0 Å². The molecule has 0 unspecified atom stereocenters. The molecule has 4 nitrogen and oxygen atoms in total. The van der Waals surface area contributed by atoms with Crippen LogP contribution in [-0.2, 0) is 6.42 Å². The second-order valence-electron chi connectivity index (χ2n) is 6.57. The molecule has 0 aliphatic carbocycles. The summed E-state index contributed by atoms with van der Waals surface area (Å²) in [6.07, 6.45) is 2.79. The van der Waals surface area contributed by atoms with Crippen molar-refractivity contribution in [3.8, 4) is 0 Å². The zero-order chi connectivity index (χ0) is 18.2. The Morgan fingerprint density at radius 3 is 2.27 bits per heavy atom. The molecular weight excluding hydrogens is 342 g/mol. The minimum Gasteiger partial charge on any atom is -0.362 e. The van der Waals surface area contributed by atoms with E-state index in [2.05, 4.69) is 39.8 Å². The van der Waals surface area contributed by atoms with E-state index in [4.69, 9.17) is 12.2 Å². The van der Waals surface area contributed by atoms with Gasteiger partial charge in [-0.1, -0.05) is 48.5 Å². The molecule has 26 heavy (non-hydrogen) atoms. The van der Waals surface area contributed by atoms with Crippen molar-refractivity contribution in [1.82, 2.24) is 15.5 Å². The molecule has 3 rings (SSSR count). The van der Waals surface area contributed by atoms with Gasteiger partial charge in [-0.3, -0.25) is 4.79 Å². The van der Waals surface area contributed by atoms with Crippen LogP contribution in [0.3, 0.4) is 0 Å². The van der Waals surface area contributed by atoms with E-state index in [0.29, 0.717) is 5.56 Å². The van der Waals surface area contributed by atoms with Crippen molar-refractivity contribution < 1.29 is 4.79 Å². The predicted octanol–water partition coefficient (Wildman–Crippen LogP) is 3.00. The van der Waals surface area contributed by atoms with Crippen LogP contribution in [0.1, 0.15) is 28.8 Å². The first-order valence-electron chi connectivity index (χ1n) is 9.15. The molecule has 1 heterocycles. The molecule has 1 aliphatic rings. The molecule has 1 saturated heterocycles. The molecule has 1 amide bonds. The number of carbonyl (C=O) groups excluding carboxylic acids is 1. The number of nitrogens with one attached hydrogen (secondary N) is 2. The van der Waals surface area contributed by atoms with Gasteiger partial charge in [-0.15, -0.1) is 0 Å². The first-order chi connectivity index (χ1) is 12.7. The molecule has 0 radical (unpaired) electrons. The summed E-state index contributed by atoms with van der Waals surface area (Å²) in [6, 6.07) is 20.0. The fourth-order valence-corrected chi connectivity index (χ4v) is 3.44. The number of nitrogens with zero attached hydrogens (tertiary/aromatic N) is 1. The first-order valence-corrected chi connectivity index (χ1v) is 9.56. The Morgan fingerprint density at radius 2 is 1.62 bits per heavy atom. The van der Waals surface area contributed by atoms with Gasteiger partial charge in [0.25, 0.3) is 5.91 Å². The maximum atomic E-state index is 12.2. The van der Waals surface area contributed by atoms with Gasteiger partial charge in [0.15, 0.2) is 5.11 Å². The fraction of sp³-hybridized carbons (Fsp3) is 0.333. The number of piperidine rings is 1. The van der Waals surface area contributed by atoms with Crippen molar-refractivity contribution in [2.45, 2.75) is 25.3 Å². The summed E-state index contributed by atoms with van der Waals surface area (Å²) >= 11 is 5.52. The van der Waals surface area contributed by atoms with Crippen molar-refractivity contribution >= 4 is 23.2 Å². The molecule has 2 N–H and O–H groups in total. The van der Waals surface area contributed by atoms with Crippen molar-refractivity contribution in [2.24, 2.45) is 0 Å². The van der Waals surface area contributed by atoms with Gasteiger partial charge in [0.2, 0.25) is 0 Å². The molecule has 0 aromatic heterocycles. The highest BCUT2D eigenvalue weighted by molar-refractivity contribution is 7.80. The van der Waals surface area contributed by atoms with Gasteiger partial charge >= 0.3 is 0 Å². The molecular formula is C21H25N3OS. The minimum absolute atomic E-state index is 0.00705. The van der Waals surface area contributed by atoms with E-state index in [1.807, 2.05) is 36.4 Å². The first kappa shape index (κ1) is 18.4. The zero-order valence-electron chi connectivity index (χ0n) is 14.9. The zero-order valence-corrected chi connectivity index (χ0v) is 15.7. The highest BCUT2D eigenvalue weighted by Gasteiger charge is 2.22. The average molecular weight is 368 g/mol. The number of hydrogen-bond donors (Lipinski definition) is 2. The number of amides is 1. The molecule has 1 fully saturated rings. The number of thiocarbonyl (C=S) groups is 1. The van der Waals surface area contributed by atoms with Gasteiger partial charge in [0.1, 0.15) is 0 Å². The molecule has 136 valence electrons. The van der Waals surface area contributed by atoms with E-state index in [1.54, 1.807) is 0 Å². The Morgan fingerprint density at radius 1 is 1.00 bits per heavy atom. The summed E-state index contributed by atoms with van der Waals surface area (Å²) in [5, 5.41) is 7.30. The van der Waals surface area contributed by atoms with Gasteiger partial charge in [-0.05, 0) is 49.2 Å². The molecule has 0 atom stereocenters. The predicted molar refractivity (Wildman–Crippen MR) is 109 cm³/mol. The van der Waals surface area contributed by atoms with Crippen LogP contribution in [0, 0.1) is 0 Å². The summed E-state index contributed by atoms with van der Waals surface area (Å²) in [5.41, 5.74) is 2.03. The van der Waals surface area contributed by atoms with Gasteiger partial charge in [-0.25, -0.2) is 0 Å². The van der Waals surface area contributed by atoms with E-state index in [9.17, 15) is 4.79 Å². The lowest BCUT2D eigenvalue weighted by Gasteiger charge is -2.34. The topological polar surface area (TPSA) is 44.4 Å². The Hall–Kier alpha value is -2.40. The quantitative estimate of drug-likeness (QED) is 0.798. The van der Waals surface area contributed by atoms with Crippen LogP contribution in [-0.4, -0.2) is 41.6 Å². The van der Waals surface area contributed by atoms with Crippen LogP contribution in [0.2, 0.25) is 0 Å². The Labute approximate surface area is 160 Å². The molecule has 0 spiro atoms. The van der Waals surface area contributed by atoms with Crippen LogP contribution in [0.5, 0.6) is 0 Å². The van der Waals surface area contributed by atoms with Crippen LogP contribution in [0.15, 0.2) is 60.7 Å². The SMILES string of the molecule is O=C(NC1CCN(C(=S)NCCc2ccccc2)CC1)c1ccccc1. The molecule has 1 aliphatic heterocycles. The monoisotopic (exact) mass is 367 g/mol. The lowest BCUT2D eigenvalue weighted by molar-refractivity contribution is 0.0922. The van der Waals surface area contributed by atoms with Gasteiger partial charge in [0.05, 0.1) is 0 Å².